The maximum atomic E-state index is 13.3. The van der Waals surface area contributed by atoms with Crippen molar-refractivity contribution in [3.8, 4) is 11.3 Å². The van der Waals surface area contributed by atoms with Gasteiger partial charge in [-0.2, -0.15) is 18.3 Å². The van der Waals surface area contributed by atoms with E-state index in [1.165, 1.54) is 6.07 Å². The van der Waals surface area contributed by atoms with Crippen molar-refractivity contribution in [2.24, 2.45) is 0 Å². The number of aromatic amines is 1. The Morgan fingerprint density at radius 1 is 1.09 bits per heavy atom. The number of H-pyrrole nitrogens is 1. The third-order valence-electron chi connectivity index (χ3n) is 6.75. The number of carbonyl (C=O) groups excluding carboxylic acids is 1. The highest BCUT2D eigenvalue weighted by atomic mass is 35.5. The molecule has 1 amide bonds. The summed E-state index contributed by atoms with van der Waals surface area (Å²) in [5, 5.41) is 7.23. The largest absolute Gasteiger partial charge is 0.417 e. The molecule has 2 atom stereocenters. The van der Waals surface area contributed by atoms with Gasteiger partial charge in [0.05, 0.1) is 21.8 Å². The molecule has 0 aliphatic carbocycles. The van der Waals surface area contributed by atoms with E-state index >= 15 is 0 Å². The number of hydrogen-bond donors (Lipinski definition) is 1. The van der Waals surface area contributed by atoms with Gasteiger partial charge in [-0.3, -0.25) is 19.8 Å². The first kappa shape index (κ1) is 22.9. The van der Waals surface area contributed by atoms with Crippen molar-refractivity contribution in [3.05, 3.63) is 70.6 Å². The van der Waals surface area contributed by atoms with Crippen LogP contribution in [-0.2, 0) is 6.18 Å². The molecule has 0 unspecified atom stereocenters. The molecule has 178 valence electrons. The third-order valence-corrected chi connectivity index (χ3v) is 7.15. The van der Waals surface area contributed by atoms with E-state index in [0.29, 0.717) is 35.9 Å². The number of nitrogens with zero attached hydrogens (tertiary/aromatic N) is 4. The number of halogens is 4. The third kappa shape index (κ3) is 4.42. The lowest BCUT2D eigenvalue weighted by Crippen LogP contribution is -2.57. The fourth-order valence-electron chi connectivity index (χ4n) is 4.90. The van der Waals surface area contributed by atoms with Gasteiger partial charge in [0.15, 0.2) is 0 Å². The highest BCUT2D eigenvalue weighted by molar-refractivity contribution is 6.36. The van der Waals surface area contributed by atoms with Crippen molar-refractivity contribution >= 4 is 17.5 Å². The lowest BCUT2D eigenvalue weighted by molar-refractivity contribution is -0.137. The van der Waals surface area contributed by atoms with Gasteiger partial charge in [0.2, 0.25) is 0 Å². The number of piperazine rings is 1. The van der Waals surface area contributed by atoms with E-state index < -0.39 is 11.7 Å². The molecule has 34 heavy (non-hydrogen) atoms. The van der Waals surface area contributed by atoms with Gasteiger partial charge in [-0.1, -0.05) is 23.7 Å². The number of piperidine rings is 1. The molecule has 2 fully saturated rings. The molecule has 10 heteroatoms. The number of benzene rings is 1. The number of carbonyl (C=O) groups is 1. The Bertz CT molecular complexity index is 1170. The lowest BCUT2D eigenvalue weighted by Gasteiger charge is -2.46. The van der Waals surface area contributed by atoms with Gasteiger partial charge in [0.25, 0.3) is 5.91 Å². The zero-order chi connectivity index (χ0) is 23.9. The van der Waals surface area contributed by atoms with Crippen LogP contribution >= 0.6 is 11.6 Å². The highest BCUT2D eigenvalue weighted by Crippen LogP contribution is 2.35. The van der Waals surface area contributed by atoms with E-state index in [2.05, 4.69) is 20.1 Å². The minimum atomic E-state index is -4.38. The van der Waals surface area contributed by atoms with Crippen LogP contribution in [-0.4, -0.2) is 63.1 Å². The second-order valence-corrected chi connectivity index (χ2v) is 9.16. The molecule has 2 aliphatic heterocycles. The minimum absolute atomic E-state index is 0.0846. The summed E-state index contributed by atoms with van der Waals surface area (Å²) in [6.07, 6.45) is -0.168. The molecule has 0 bridgehead atoms. The van der Waals surface area contributed by atoms with E-state index in [9.17, 15) is 18.0 Å². The number of rotatable bonds is 3. The Labute approximate surface area is 199 Å². The maximum absolute atomic E-state index is 13.3. The molecule has 5 rings (SSSR count). The summed E-state index contributed by atoms with van der Waals surface area (Å²) in [6, 6.07) is 10.0. The van der Waals surface area contributed by atoms with Crippen LogP contribution in [0.3, 0.4) is 0 Å². The summed E-state index contributed by atoms with van der Waals surface area (Å²) >= 11 is 6.59. The zero-order valence-corrected chi connectivity index (χ0v) is 19.0. The van der Waals surface area contributed by atoms with Crippen molar-refractivity contribution < 1.29 is 18.0 Å². The standard InChI is InChI=1S/C24H23ClF3N5O/c25-22-18(21-8-9-30-31-21)2-1-3-19(22)23(34)33-11-10-32-13-15(4-6-17(32)14-33)20-7-5-16(12-29-20)24(26,27)28/h1-3,5,7-9,12,15,17H,4,6,10-11,13-14H2,(H,30,31)/t15-,17+/m0/s1. The van der Waals surface area contributed by atoms with E-state index in [-0.39, 0.29) is 17.9 Å². The molecule has 1 N–H and O–H groups in total. The normalized spacial score (nSPS) is 21.4. The number of nitrogens with one attached hydrogen (secondary N) is 1. The predicted octanol–water partition coefficient (Wildman–Crippen LogP) is 4.85. The van der Waals surface area contributed by atoms with Gasteiger partial charge in [0, 0.05) is 61.8 Å². The Kier molecular flexibility index (Phi) is 6.07. The SMILES string of the molecule is O=C(c1cccc(-c2ccn[nH]2)c1Cl)N1CCN2C[C@@H](c3ccc(C(F)(F)F)cn3)CC[C@@H]2C1. The van der Waals surface area contributed by atoms with Gasteiger partial charge in [-0.15, -0.1) is 0 Å². The molecule has 0 saturated carbocycles. The number of fused-ring (bicyclic) bond motifs is 1. The monoisotopic (exact) mass is 489 g/mol. The van der Waals surface area contributed by atoms with Crippen LogP contribution in [0.4, 0.5) is 13.2 Å². The molecular formula is C24H23ClF3N5O. The summed E-state index contributed by atoms with van der Waals surface area (Å²) in [4.78, 5) is 21.6. The van der Waals surface area contributed by atoms with Gasteiger partial charge >= 0.3 is 6.18 Å². The van der Waals surface area contributed by atoms with Crippen LogP contribution in [0.1, 0.15) is 40.4 Å². The van der Waals surface area contributed by atoms with Crippen LogP contribution in [0.15, 0.2) is 48.8 Å². The predicted molar refractivity (Wildman–Crippen MR) is 122 cm³/mol. The fourth-order valence-corrected chi connectivity index (χ4v) is 5.21. The molecular weight excluding hydrogens is 467 g/mol. The van der Waals surface area contributed by atoms with E-state index in [1.807, 2.05) is 17.0 Å². The number of hydrogen-bond acceptors (Lipinski definition) is 4. The summed E-state index contributed by atoms with van der Waals surface area (Å²) in [6.45, 7) is 2.58. The number of amides is 1. The molecule has 0 radical (unpaired) electrons. The second-order valence-electron chi connectivity index (χ2n) is 8.78. The van der Waals surface area contributed by atoms with Gasteiger partial charge in [0.1, 0.15) is 0 Å². The summed E-state index contributed by atoms with van der Waals surface area (Å²) in [5.41, 5.74) is 1.90. The van der Waals surface area contributed by atoms with E-state index in [4.69, 9.17) is 11.6 Å². The lowest BCUT2D eigenvalue weighted by atomic mass is 9.88. The number of aromatic nitrogens is 3. The Morgan fingerprint density at radius 2 is 1.94 bits per heavy atom. The van der Waals surface area contributed by atoms with Crippen molar-refractivity contribution in [1.29, 1.82) is 0 Å². The van der Waals surface area contributed by atoms with E-state index in [1.54, 1.807) is 18.3 Å². The minimum Gasteiger partial charge on any atom is -0.336 e. The molecule has 1 aromatic carbocycles. The van der Waals surface area contributed by atoms with Crippen molar-refractivity contribution in [2.45, 2.75) is 31.0 Å². The quantitative estimate of drug-likeness (QED) is 0.571. The van der Waals surface area contributed by atoms with Crippen molar-refractivity contribution in [2.75, 3.05) is 26.2 Å². The van der Waals surface area contributed by atoms with Crippen molar-refractivity contribution in [1.82, 2.24) is 25.0 Å². The summed E-state index contributed by atoms with van der Waals surface area (Å²) < 4.78 is 38.5. The fraction of sp³-hybridized carbons (Fsp3) is 0.375. The van der Waals surface area contributed by atoms with Crippen LogP contribution < -0.4 is 0 Å². The highest BCUT2D eigenvalue weighted by Gasteiger charge is 2.36. The van der Waals surface area contributed by atoms with Crippen LogP contribution in [0.2, 0.25) is 5.02 Å². The van der Waals surface area contributed by atoms with Gasteiger partial charge in [-0.25, -0.2) is 0 Å². The molecule has 4 heterocycles. The smallest absolute Gasteiger partial charge is 0.336 e. The average Bonchev–Trinajstić information content (AvgIpc) is 3.37. The first-order valence-corrected chi connectivity index (χ1v) is 11.5. The number of pyridine rings is 1. The Hall–Kier alpha value is -2.91. The molecule has 6 nitrogen and oxygen atoms in total. The second kappa shape index (κ2) is 9.03. The molecule has 2 aromatic heterocycles. The van der Waals surface area contributed by atoms with Gasteiger partial charge < -0.3 is 4.90 Å². The van der Waals surface area contributed by atoms with Gasteiger partial charge in [-0.05, 0) is 37.1 Å². The topological polar surface area (TPSA) is 65.1 Å². The first-order chi connectivity index (χ1) is 16.3. The molecule has 0 spiro atoms. The first-order valence-electron chi connectivity index (χ1n) is 11.2. The average molecular weight is 490 g/mol. The maximum Gasteiger partial charge on any atom is 0.417 e. The molecule has 3 aromatic rings. The Balaban J connectivity index is 1.25. The molecule has 2 saturated heterocycles. The number of alkyl halides is 3. The summed E-state index contributed by atoms with van der Waals surface area (Å²) in [7, 11) is 0. The van der Waals surface area contributed by atoms with Crippen LogP contribution in [0.5, 0.6) is 0 Å². The molecule has 2 aliphatic rings. The van der Waals surface area contributed by atoms with E-state index in [0.717, 1.165) is 42.9 Å². The van der Waals surface area contributed by atoms with Crippen LogP contribution in [0.25, 0.3) is 11.3 Å². The van der Waals surface area contributed by atoms with Crippen LogP contribution in [0, 0.1) is 0 Å². The van der Waals surface area contributed by atoms with Crippen molar-refractivity contribution in [3.63, 3.8) is 0 Å². The Morgan fingerprint density at radius 3 is 2.65 bits per heavy atom. The zero-order valence-electron chi connectivity index (χ0n) is 18.2. The summed E-state index contributed by atoms with van der Waals surface area (Å²) in [5.74, 6) is -0.0149.